The molecule has 2 aromatic carbocycles. The van der Waals surface area contributed by atoms with E-state index in [1.165, 1.54) is 0 Å². The third-order valence-electron chi connectivity index (χ3n) is 3.85. The molecular formula is C19H14N2P2. The van der Waals surface area contributed by atoms with Crippen molar-refractivity contribution in [3.8, 4) is 12.1 Å². The number of benzene rings is 2. The summed E-state index contributed by atoms with van der Waals surface area (Å²) in [6, 6.07) is 24.6. The number of rotatable bonds is 2. The van der Waals surface area contributed by atoms with Gasteiger partial charge in [-0.1, -0.05) is 60.7 Å². The first-order chi connectivity index (χ1) is 11.2. The Morgan fingerprint density at radius 1 is 0.739 bits per heavy atom. The number of allylic oxidation sites excluding steroid dienone is 4. The van der Waals surface area contributed by atoms with Crippen molar-refractivity contribution >= 4 is 32.0 Å². The molecule has 1 atom stereocenters. The van der Waals surface area contributed by atoms with Crippen molar-refractivity contribution in [2.75, 3.05) is 0 Å². The minimum absolute atomic E-state index is 0.666. The van der Waals surface area contributed by atoms with Gasteiger partial charge in [-0.05, 0) is 28.1 Å². The van der Waals surface area contributed by atoms with Crippen LogP contribution in [0.1, 0.15) is 0 Å². The first-order valence-electron chi connectivity index (χ1n) is 7.11. The maximum Gasteiger partial charge on any atom is 0.100 e. The Morgan fingerprint density at radius 2 is 1.26 bits per heavy atom. The fourth-order valence-electron chi connectivity index (χ4n) is 2.90. The van der Waals surface area contributed by atoms with Gasteiger partial charge in [0.05, 0.1) is 10.6 Å². The summed E-state index contributed by atoms with van der Waals surface area (Å²) in [5, 5.41) is 23.9. The second kappa shape index (κ2) is 6.40. The van der Waals surface area contributed by atoms with Crippen LogP contribution in [-0.2, 0) is 0 Å². The monoisotopic (exact) mass is 332 g/mol. The van der Waals surface area contributed by atoms with Crippen LogP contribution in [0, 0.1) is 22.7 Å². The van der Waals surface area contributed by atoms with Crippen molar-refractivity contribution in [1.82, 2.24) is 0 Å². The lowest BCUT2D eigenvalue weighted by atomic mass is 10.3. The molecule has 1 aliphatic heterocycles. The van der Waals surface area contributed by atoms with Gasteiger partial charge >= 0.3 is 0 Å². The second-order valence-corrected chi connectivity index (χ2v) is 9.13. The summed E-state index contributed by atoms with van der Waals surface area (Å²) in [5.41, 5.74) is 0. The molecule has 0 spiro atoms. The van der Waals surface area contributed by atoms with Gasteiger partial charge in [-0.3, -0.25) is 0 Å². The van der Waals surface area contributed by atoms with E-state index in [0.29, 0.717) is 10.6 Å². The summed E-state index contributed by atoms with van der Waals surface area (Å²) in [6.07, 6.45) is 3.78. The van der Waals surface area contributed by atoms with Gasteiger partial charge < -0.3 is 0 Å². The molecule has 4 heteroatoms. The fourth-order valence-corrected chi connectivity index (χ4v) is 7.41. The summed E-state index contributed by atoms with van der Waals surface area (Å²) < 4.78 is 0. The van der Waals surface area contributed by atoms with Crippen LogP contribution in [0.3, 0.4) is 0 Å². The Balaban J connectivity index is 2.55. The van der Waals surface area contributed by atoms with Crippen molar-refractivity contribution in [3.05, 3.63) is 83.4 Å². The van der Waals surface area contributed by atoms with Crippen molar-refractivity contribution in [2.45, 2.75) is 0 Å². The fraction of sp³-hybridized carbons (Fsp3) is 0. The van der Waals surface area contributed by atoms with E-state index in [-0.39, 0.29) is 0 Å². The number of nitrogens with zero attached hydrogens (tertiary/aromatic N) is 2. The molecule has 110 valence electrons. The summed E-state index contributed by atoms with van der Waals surface area (Å²) in [5.74, 6) is 0. The van der Waals surface area contributed by atoms with E-state index in [9.17, 15) is 10.5 Å². The van der Waals surface area contributed by atoms with Gasteiger partial charge in [-0.2, -0.15) is 10.5 Å². The first kappa shape index (κ1) is 15.5. The van der Waals surface area contributed by atoms with Gasteiger partial charge in [-0.15, -0.1) is 9.24 Å². The highest BCUT2D eigenvalue weighted by Crippen LogP contribution is 2.57. The van der Waals surface area contributed by atoms with Crippen LogP contribution in [0.15, 0.2) is 83.4 Å². The largest absolute Gasteiger partial charge is 0.192 e. The molecule has 0 radical (unpaired) electrons. The molecule has 3 rings (SSSR count). The van der Waals surface area contributed by atoms with Gasteiger partial charge in [0, 0.05) is 6.89 Å². The quantitative estimate of drug-likeness (QED) is 0.790. The van der Waals surface area contributed by atoms with Crippen molar-refractivity contribution in [1.29, 1.82) is 10.5 Å². The van der Waals surface area contributed by atoms with Crippen molar-refractivity contribution < 1.29 is 0 Å². The number of hydrogen-bond acceptors (Lipinski definition) is 2. The predicted molar refractivity (Wildman–Crippen MR) is 101 cm³/mol. The molecule has 2 aromatic rings. The first-order valence-corrected chi connectivity index (χ1v) is 9.47. The molecule has 0 bridgehead atoms. The summed E-state index contributed by atoms with van der Waals surface area (Å²) in [7, 11) is 2.59. The lowest BCUT2D eigenvalue weighted by Crippen LogP contribution is -2.23. The third kappa shape index (κ3) is 2.48. The van der Waals surface area contributed by atoms with E-state index >= 15 is 0 Å². The molecular weight excluding hydrogens is 318 g/mol. The highest BCUT2D eigenvalue weighted by molar-refractivity contribution is 7.93. The highest BCUT2D eigenvalue weighted by Gasteiger charge is 2.33. The van der Waals surface area contributed by atoms with Crippen LogP contribution in [0.5, 0.6) is 0 Å². The average molecular weight is 332 g/mol. The summed E-state index contributed by atoms with van der Waals surface area (Å²) in [6.45, 7) is -2.39. The maximum absolute atomic E-state index is 9.83. The third-order valence-corrected chi connectivity index (χ3v) is 8.23. The normalized spacial score (nSPS) is 15.9. The van der Waals surface area contributed by atoms with E-state index in [1.54, 1.807) is 0 Å². The molecule has 0 aliphatic carbocycles. The van der Waals surface area contributed by atoms with Crippen molar-refractivity contribution in [3.63, 3.8) is 0 Å². The van der Waals surface area contributed by atoms with Gasteiger partial charge in [0.1, 0.15) is 12.1 Å². The van der Waals surface area contributed by atoms with E-state index in [2.05, 4.69) is 21.4 Å². The number of nitriles is 2. The molecule has 0 aromatic heterocycles. The van der Waals surface area contributed by atoms with Crippen LogP contribution in [0.2, 0.25) is 0 Å². The van der Waals surface area contributed by atoms with Crippen molar-refractivity contribution in [2.24, 2.45) is 0 Å². The summed E-state index contributed by atoms with van der Waals surface area (Å²) >= 11 is 0. The number of hydrogen-bond donors (Lipinski definition) is 0. The molecule has 1 unspecified atom stereocenters. The van der Waals surface area contributed by atoms with Gasteiger partial charge in [0.15, 0.2) is 0 Å². The van der Waals surface area contributed by atoms with Gasteiger partial charge in [0.25, 0.3) is 0 Å². The van der Waals surface area contributed by atoms with E-state index in [4.69, 9.17) is 0 Å². The lowest BCUT2D eigenvalue weighted by molar-refractivity contribution is 1.52. The average Bonchev–Trinajstić information content (AvgIpc) is 2.62. The van der Waals surface area contributed by atoms with Crippen LogP contribution in [-0.4, -0.2) is 5.29 Å². The van der Waals surface area contributed by atoms with Crippen LogP contribution in [0.4, 0.5) is 0 Å². The molecule has 0 N–H and O–H groups in total. The van der Waals surface area contributed by atoms with Crippen LogP contribution in [0.25, 0.3) is 0 Å². The minimum atomic E-state index is -2.39. The predicted octanol–water partition coefficient (Wildman–Crippen LogP) is 3.53. The van der Waals surface area contributed by atoms with E-state index in [0.717, 1.165) is 15.9 Å². The molecule has 1 heterocycles. The zero-order valence-corrected chi connectivity index (χ0v) is 14.4. The standard InChI is InChI=1S/C19H14N2P2/c20-13-18-11-15(22)12-19(14-21)23(18,16-7-3-1-4-8-16)17-9-5-2-6-10-17/h1-12H,22H2. The van der Waals surface area contributed by atoms with Gasteiger partial charge in [0.2, 0.25) is 0 Å². The Kier molecular flexibility index (Phi) is 4.32. The molecule has 0 saturated carbocycles. The molecule has 23 heavy (non-hydrogen) atoms. The molecule has 2 nitrogen and oxygen atoms in total. The smallest absolute Gasteiger partial charge is 0.100 e. The minimum Gasteiger partial charge on any atom is -0.192 e. The molecule has 1 aliphatic rings. The zero-order chi connectivity index (χ0) is 16.3. The zero-order valence-electron chi connectivity index (χ0n) is 12.3. The van der Waals surface area contributed by atoms with Crippen LogP contribution >= 0.6 is 16.1 Å². The topological polar surface area (TPSA) is 47.6 Å². The van der Waals surface area contributed by atoms with E-state index in [1.807, 2.05) is 72.8 Å². The summed E-state index contributed by atoms with van der Waals surface area (Å²) in [4.78, 5) is 0. The lowest BCUT2D eigenvalue weighted by Gasteiger charge is -2.30. The Morgan fingerprint density at radius 3 is 1.70 bits per heavy atom. The Bertz CT molecular complexity index is 897. The Hall–Kier alpha value is -2.37. The highest BCUT2D eigenvalue weighted by atomic mass is 31.2. The van der Waals surface area contributed by atoms with Gasteiger partial charge in [-0.25, -0.2) is 0 Å². The molecule has 0 saturated heterocycles. The van der Waals surface area contributed by atoms with E-state index < -0.39 is 6.89 Å². The molecule has 0 fully saturated rings. The SMILES string of the molecule is N#CC1=CC(P)=CC(C#N)=P1(c1ccccc1)c1ccccc1. The van der Waals surface area contributed by atoms with Crippen LogP contribution < -0.4 is 10.6 Å². The molecule has 0 amide bonds. The Labute approximate surface area is 138 Å². The maximum atomic E-state index is 9.83. The second-order valence-electron chi connectivity index (χ2n) is 5.12.